The number of unbranched alkanes of at least 4 members (excludes halogenated alkanes) is 5. The van der Waals surface area contributed by atoms with Crippen molar-refractivity contribution in [2.24, 2.45) is 0 Å². The van der Waals surface area contributed by atoms with Gasteiger partial charge in [-0.05, 0) is 63.5 Å². The molecule has 1 aromatic rings. The fraction of sp³-hybridized carbons (Fsp3) is 0.556. The van der Waals surface area contributed by atoms with Gasteiger partial charge >= 0.3 is 5.97 Å². The van der Waals surface area contributed by atoms with Crippen molar-refractivity contribution in [3.05, 3.63) is 66.5 Å². The van der Waals surface area contributed by atoms with Gasteiger partial charge in [0.25, 0.3) is 0 Å². The average Bonchev–Trinajstić information content (AvgIpc) is 2.77. The highest BCUT2D eigenvalue weighted by atomic mass is 16.6. The first-order chi connectivity index (χ1) is 15.2. The lowest BCUT2D eigenvalue weighted by molar-refractivity contribution is -0.151. The molecule has 172 valence electrons. The van der Waals surface area contributed by atoms with Gasteiger partial charge < -0.3 is 9.47 Å². The number of carbonyl (C=O) groups is 1. The molecule has 0 aliphatic carbocycles. The number of ether oxygens (including phenoxy) is 2. The molecule has 0 spiro atoms. The fourth-order valence-corrected chi connectivity index (χ4v) is 2.97. The van der Waals surface area contributed by atoms with Crippen molar-refractivity contribution in [2.75, 3.05) is 6.61 Å². The minimum absolute atomic E-state index is 0.146. The Morgan fingerprint density at radius 1 is 1.00 bits per heavy atom. The zero-order valence-electron chi connectivity index (χ0n) is 19.5. The highest BCUT2D eigenvalue weighted by Crippen LogP contribution is 2.06. The maximum atomic E-state index is 11.9. The normalized spacial score (nSPS) is 12.8. The van der Waals surface area contributed by atoms with Crippen molar-refractivity contribution in [2.45, 2.75) is 90.8 Å². The first-order valence-corrected chi connectivity index (χ1v) is 11.8. The van der Waals surface area contributed by atoms with E-state index >= 15 is 0 Å². The SMILES string of the molecule is CCCCC/C=C\C/C=C\C/C=C\CCCCC(=O)OC(C)COCc1cccnc1. The van der Waals surface area contributed by atoms with Gasteiger partial charge in [-0.2, -0.15) is 0 Å². The summed E-state index contributed by atoms with van der Waals surface area (Å²) in [5.74, 6) is -0.146. The molecular weight excluding hydrogens is 386 g/mol. The Balaban J connectivity index is 1.94. The lowest BCUT2D eigenvalue weighted by Gasteiger charge is -2.13. The van der Waals surface area contributed by atoms with Gasteiger partial charge in [0.15, 0.2) is 0 Å². The molecule has 0 saturated carbocycles. The van der Waals surface area contributed by atoms with Crippen molar-refractivity contribution < 1.29 is 14.3 Å². The van der Waals surface area contributed by atoms with Crippen LogP contribution in [0.5, 0.6) is 0 Å². The van der Waals surface area contributed by atoms with Crippen LogP contribution in [0.15, 0.2) is 61.0 Å². The van der Waals surface area contributed by atoms with Gasteiger partial charge in [0.2, 0.25) is 0 Å². The predicted octanol–water partition coefficient (Wildman–Crippen LogP) is 7.12. The predicted molar refractivity (Wildman–Crippen MR) is 129 cm³/mol. The van der Waals surface area contributed by atoms with Crippen molar-refractivity contribution in [1.29, 1.82) is 0 Å². The Labute approximate surface area is 189 Å². The van der Waals surface area contributed by atoms with E-state index in [4.69, 9.17) is 9.47 Å². The van der Waals surface area contributed by atoms with E-state index < -0.39 is 0 Å². The van der Waals surface area contributed by atoms with E-state index in [2.05, 4.69) is 48.4 Å². The largest absolute Gasteiger partial charge is 0.460 e. The van der Waals surface area contributed by atoms with Gasteiger partial charge in [0.05, 0.1) is 13.2 Å². The number of rotatable bonds is 18. The number of pyridine rings is 1. The number of allylic oxidation sites excluding steroid dienone is 6. The van der Waals surface area contributed by atoms with Gasteiger partial charge in [-0.25, -0.2) is 0 Å². The first kappa shape index (κ1) is 26.8. The van der Waals surface area contributed by atoms with E-state index in [0.29, 0.717) is 19.6 Å². The highest BCUT2D eigenvalue weighted by molar-refractivity contribution is 5.69. The topological polar surface area (TPSA) is 48.4 Å². The van der Waals surface area contributed by atoms with Crippen LogP contribution >= 0.6 is 0 Å². The van der Waals surface area contributed by atoms with Crippen molar-refractivity contribution in [1.82, 2.24) is 4.98 Å². The lowest BCUT2D eigenvalue weighted by atomic mass is 10.1. The Morgan fingerprint density at radius 3 is 2.32 bits per heavy atom. The summed E-state index contributed by atoms with van der Waals surface area (Å²) >= 11 is 0. The molecule has 0 N–H and O–H groups in total. The van der Waals surface area contributed by atoms with Crippen LogP contribution in [-0.2, 0) is 20.9 Å². The van der Waals surface area contributed by atoms with Crippen LogP contribution in [-0.4, -0.2) is 23.7 Å². The van der Waals surface area contributed by atoms with E-state index in [0.717, 1.165) is 37.7 Å². The van der Waals surface area contributed by atoms with Crippen LogP contribution in [0.2, 0.25) is 0 Å². The highest BCUT2D eigenvalue weighted by Gasteiger charge is 2.09. The minimum atomic E-state index is -0.234. The Morgan fingerprint density at radius 2 is 1.68 bits per heavy atom. The summed E-state index contributed by atoms with van der Waals surface area (Å²) in [5, 5.41) is 0. The van der Waals surface area contributed by atoms with Crippen LogP contribution in [0.3, 0.4) is 0 Å². The molecule has 0 aliphatic heterocycles. The lowest BCUT2D eigenvalue weighted by Crippen LogP contribution is -2.20. The summed E-state index contributed by atoms with van der Waals surface area (Å²) in [6.07, 6.45) is 27.1. The standard InChI is InChI=1S/C27H41NO3/c1-3-4-5-6-7-8-9-10-11-12-13-14-15-16-17-20-27(29)31-25(2)23-30-24-26-19-18-21-28-22-26/h7-8,10-11,13-14,18-19,21-22,25H,3-6,9,12,15-17,20,23-24H2,1-2H3/b8-7-,11-10-,14-13-. The van der Waals surface area contributed by atoms with E-state index in [1.54, 1.807) is 12.4 Å². The molecule has 1 atom stereocenters. The summed E-state index contributed by atoms with van der Waals surface area (Å²) in [7, 11) is 0. The number of nitrogens with zero attached hydrogens (tertiary/aromatic N) is 1. The van der Waals surface area contributed by atoms with Crippen LogP contribution in [0, 0.1) is 0 Å². The molecule has 1 aromatic heterocycles. The maximum absolute atomic E-state index is 11.9. The van der Waals surface area contributed by atoms with E-state index in [-0.39, 0.29) is 12.1 Å². The van der Waals surface area contributed by atoms with E-state index in [1.807, 2.05) is 19.1 Å². The first-order valence-electron chi connectivity index (χ1n) is 11.8. The van der Waals surface area contributed by atoms with Gasteiger partial charge in [-0.15, -0.1) is 0 Å². The number of hydrogen-bond donors (Lipinski definition) is 0. The Kier molecular flexibility index (Phi) is 17.1. The van der Waals surface area contributed by atoms with Crippen LogP contribution in [0.4, 0.5) is 0 Å². The monoisotopic (exact) mass is 427 g/mol. The van der Waals surface area contributed by atoms with Gasteiger partial charge in [0.1, 0.15) is 6.10 Å². The number of aromatic nitrogens is 1. The van der Waals surface area contributed by atoms with Gasteiger partial charge in [-0.3, -0.25) is 9.78 Å². The van der Waals surface area contributed by atoms with E-state index in [1.165, 1.54) is 25.7 Å². The minimum Gasteiger partial charge on any atom is -0.460 e. The fourth-order valence-electron chi connectivity index (χ4n) is 2.97. The van der Waals surface area contributed by atoms with E-state index in [9.17, 15) is 4.79 Å². The third-order valence-corrected chi connectivity index (χ3v) is 4.70. The molecule has 1 unspecified atom stereocenters. The Bertz CT molecular complexity index is 637. The molecule has 1 heterocycles. The Hall–Kier alpha value is -2.20. The number of esters is 1. The third kappa shape index (κ3) is 17.2. The maximum Gasteiger partial charge on any atom is 0.306 e. The van der Waals surface area contributed by atoms with Gasteiger partial charge in [0, 0.05) is 18.8 Å². The summed E-state index contributed by atoms with van der Waals surface area (Å²) in [5.41, 5.74) is 1.01. The molecule has 4 heteroatoms. The molecule has 1 rings (SSSR count). The summed E-state index contributed by atoms with van der Waals surface area (Å²) in [4.78, 5) is 15.9. The smallest absolute Gasteiger partial charge is 0.306 e. The summed E-state index contributed by atoms with van der Waals surface area (Å²) in [6.45, 7) is 4.97. The molecule has 0 aromatic carbocycles. The molecule has 4 nitrogen and oxygen atoms in total. The van der Waals surface area contributed by atoms with Crippen molar-refractivity contribution in [3.8, 4) is 0 Å². The second-order valence-corrected chi connectivity index (χ2v) is 7.80. The van der Waals surface area contributed by atoms with Gasteiger partial charge in [-0.1, -0.05) is 62.3 Å². The second kappa shape index (κ2) is 19.7. The van der Waals surface area contributed by atoms with Crippen molar-refractivity contribution >= 4 is 5.97 Å². The van der Waals surface area contributed by atoms with Crippen LogP contribution < -0.4 is 0 Å². The van der Waals surface area contributed by atoms with Crippen LogP contribution in [0.25, 0.3) is 0 Å². The molecule has 0 radical (unpaired) electrons. The molecule has 0 amide bonds. The third-order valence-electron chi connectivity index (χ3n) is 4.70. The molecule has 0 aliphatic rings. The quantitative estimate of drug-likeness (QED) is 0.142. The van der Waals surface area contributed by atoms with Crippen LogP contribution in [0.1, 0.15) is 83.6 Å². The molecule has 31 heavy (non-hydrogen) atoms. The molecule has 0 fully saturated rings. The molecular formula is C27H41NO3. The number of hydrogen-bond acceptors (Lipinski definition) is 4. The van der Waals surface area contributed by atoms with Crippen molar-refractivity contribution in [3.63, 3.8) is 0 Å². The summed E-state index contributed by atoms with van der Waals surface area (Å²) in [6, 6.07) is 3.84. The zero-order chi connectivity index (χ0) is 22.4. The average molecular weight is 428 g/mol. The molecule has 0 bridgehead atoms. The number of carbonyl (C=O) groups excluding carboxylic acids is 1. The zero-order valence-corrected chi connectivity index (χ0v) is 19.5. The molecule has 0 saturated heterocycles. The summed E-state index contributed by atoms with van der Waals surface area (Å²) < 4.78 is 11.0. The second-order valence-electron chi connectivity index (χ2n) is 7.80.